The topological polar surface area (TPSA) is 67.4 Å². The maximum Gasteiger partial charge on any atom is 0.321 e. The number of hydrogen-bond donors (Lipinski definition) is 2. The van der Waals surface area contributed by atoms with Gasteiger partial charge in [0.1, 0.15) is 0 Å². The van der Waals surface area contributed by atoms with E-state index in [-0.39, 0.29) is 17.9 Å². The molecule has 0 aromatic rings. The molecule has 0 saturated carbocycles. The Morgan fingerprint density at radius 2 is 2.15 bits per heavy atom. The Morgan fingerprint density at radius 1 is 1.46 bits per heavy atom. The summed E-state index contributed by atoms with van der Waals surface area (Å²) in [5.41, 5.74) is -0.446. The van der Waals surface area contributed by atoms with E-state index < -0.39 is 11.6 Å². The molecule has 2 unspecified atom stereocenters. The van der Waals surface area contributed by atoms with E-state index >= 15 is 0 Å². The Kier molecular flexibility index (Phi) is 1.60. The summed E-state index contributed by atoms with van der Waals surface area (Å²) in [5.74, 6) is -0.480. The first-order valence-corrected chi connectivity index (χ1v) is 4.26. The summed E-state index contributed by atoms with van der Waals surface area (Å²) in [5, 5.41) is 4.92. The van der Waals surface area contributed by atoms with Gasteiger partial charge >= 0.3 is 6.03 Å². The maximum absolute atomic E-state index is 11.3. The standard InChI is InChI=1S/C8H12N2O3/c1-8(2)5-4(3-13-8)6(11)10-7(12)9-5/h4-5H,3H2,1-2H3,(H2,9,10,11,12). The highest BCUT2D eigenvalue weighted by Gasteiger charge is 2.50. The number of rotatable bonds is 0. The van der Waals surface area contributed by atoms with Crippen molar-refractivity contribution in [3.05, 3.63) is 0 Å². The number of carbonyl (C=O) groups excluding carboxylic acids is 2. The average molecular weight is 184 g/mol. The minimum Gasteiger partial charge on any atom is -0.372 e. The zero-order chi connectivity index (χ0) is 9.64. The average Bonchev–Trinajstić information content (AvgIpc) is 2.28. The lowest BCUT2D eigenvalue weighted by atomic mass is 9.89. The van der Waals surface area contributed by atoms with Crippen molar-refractivity contribution in [1.82, 2.24) is 10.6 Å². The molecule has 0 aromatic heterocycles. The summed E-state index contributed by atoms with van der Waals surface area (Å²) < 4.78 is 5.43. The van der Waals surface area contributed by atoms with Crippen LogP contribution in [0.2, 0.25) is 0 Å². The van der Waals surface area contributed by atoms with E-state index in [2.05, 4.69) is 10.6 Å². The molecular formula is C8H12N2O3. The van der Waals surface area contributed by atoms with Gasteiger partial charge in [0.05, 0.1) is 24.2 Å². The molecule has 2 aliphatic heterocycles. The van der Waals surface area contributed by atoms with Gasteiger partial charge in [-0.25, -0.2) is 4.79 Å². The number of imide groups is 1. The fourth-order valence-corrected chi connectivity index (χ4v) is 1.86. The van der Waals surface area contributed by atoms with Crippen molar-refractivity contribution in [1.29, 1.82) is 0 Å². The molecule has 2 fully saturated rings. The highest BCUT2D eigenvalue weighted by molar-refractivity contribution is 5.99. The summed E-state index contributed by atoms with van der Waals surface area (Å²) in [7, 11) is 0. The number of fused-ring (bicyclic) bond motifs is 1. The molecule has 13 heavy (non-hydrogen) atoms. The largest absolute Gasteiger partial charge is 0.372 e. The highest BCUT2D eigenvalue weighted by Crippen LogP contribution is 2.31. The molecule has 0 aromatic carbocycles. The number of ether oxygens (including phenoxy) is 1. The van der Waals surface area contributed by atoms with Crippen LogP contribution >= 0.6 is 0 Å². The Labute approximate surface area is 75.8 Å². The van der Waals surface area contributed by atoms with Crippen LogP contribution in [0.4, 0.5) is 4.79 Å². The summed E-state index contributed by atoms with van der Waals surface area (Å²) in [6.07, 6.45) is 0. The molecule has 0 spiro atoms. The lowest BCUT2D eigenvalue weighted by Crippen LogP contribution is -2.61. The van der Waals surface area contributed by atoms with Gasteiger partial charge in [-0.2, -0.15) is 0 Å². The van der Waals surface area contributed by atoms with Crippen LogP contribution in [0.1, 0.15) is 13.8 Å². The zero-order valence-corrected chi connectivity index (χ0v) is 7.59. The first-order valence-electron chi connectivity index (χ1n) is 4.26. The highest BCUT2D eigenvalue weighted by atomic mass is 16.5. The quantitative estimate of drug-likeness (QED) is 0.539. The van der Waals surface area contributed by atoms with E-state index in [9.17, 15) is 9.59 Å². The molecule has 2 rings (SSSR count). The maximum atomic E-state index is 11.3. The monoisotopic (exact) mass is 184 g/mol. The second-order valence-electron chi connectivity index (χ2n) is 3.96. The number of amides is 3. The number of nitrogens with one attached hydrogen (secondary N) is 2. The molecule has 3 amide bonds. The van der Waals surface area contributed by atoms with Crippen molar-refractivity contribution in [2.45, 2.75) is 25.5 Å². The molecule has 0 radical (unpaired) electrons. The van der Waals surface area contributed by atoms with Crippen LogP contribution in [0.3, 0.4) is 0 Å². The normalized spacial score (nSPS) is 36.5. The zero-order valence-electron chi connectivity index (χ0n) is 7.59. The second-order valence-corrected chi connectivity index (χ2v) is 3.96. The molecule has 2 aliphatic rings. The van der Waals surface area contributed by atoms with Crippen molar-refractivity contribution in [2.24, 2.45) is 5.92 Å². The van der Waals surface area contributed by atoms with Crippen LogP contribution in [0.15, 0.2) is 0 Å². The van der Waals surface area contributed by atoms with Crippen LogP contribution in [0.25, 0.3) is 0 Å². The van der Waals surface area contributed by atoms with E-state index in [1.165, 1.54) is 0 Å². The molecule has 0 bridgehead atoms. The van der Waals surface area contributed by atoms with Gasteiger partial charge in [-0.05, 0) is 13.8 Å². The Balaban J connectivity index is 2.26. The third kappa shape index (κ3) is 1.19. The van der Waals surface area contributed by atoms with E-state index in [0.29, 0.717) is 6.61 Å². The van der Waals surface area contributed by atoms with E-state index in [1.807, 2.05) is 13.8 Å². The predicted molar refractivity (Wildman–Crippen MR) is 44.0 cm³/mol. The van der Waals surface area contributed by atoms with Gasteiger partial charge in [0.25, 0.3) is 0 Å². The van der Waals surface area contributed by atoms with Crippen LogP contribution < -0.4 is 10.6 Å². The third-order valence-electron chi connectivity index (χ3n) is 2.65. The molecule has 72 valence electrons. The lowest BCUT2D eigenvalue weighted by molar-refractivity contribution is -0.125. The smallest absolute Gasteiger partial charge is 0.321 e. The molecule has 2 atom stereocenters. The SMILES string of the molecule is CC1(C)OCC2C(=O)NC(=O)NC21. The van der Waals surface area contributed by atoms with Crippen LogP contribution in [-0.2, 0) is 9.53 Å². The van der Waals surface area contributed by atoms with Crippen LogP contribution in [-0.4, -0.2) is 30.2 Å². The summed E-state index contributed by atoms with van der Waals surface area (Å²) >= 11 is 0. The minimum absolute atomic E-state index is 0.200. The van der Waals surface area contributed by atoms with Gasteiger partial charge in [-0.1, -0.05) is 0 Å². The first-order chi connectivity index (χ1) is 6.00. The Bertz CT molecular complexity index is 275. The lowest BCUT2D eigenvalue weighted by Gasteiger charge is -2.32. The molecule has 2 N–H and O–H groups in total. The van der Waals surface area contributed by atoms with Gasteiger partial charge in [0.15, 0.2) is 0 Å². The van der Waals surface area contributed by atoms with Crippen LogP contribution in [0.5, 0.6) is 0 Å². The number of hydrogen-bond acceptors (Lipinski definition) is 3. The van der Waals surface area contributed by atoms with Crippen molar-refractivity contribution >= 4 is 11.9 Å². The van der Waals surface area contributed by atoms with Gasteiger partial charge in [-0.15, -0.1) is 0 Å². The summed E-state index contributed by atoms with van der Waals surface area (Å²) in [6, 6.07) is -0.626. The number of urea groups is 1. The Hall–Kier alpha value is -1.10. The first kappa shape index (κ1) is 8.50. The molecule has 0 aliphatic carbocycles. The van der Waals surface area contributed by atoms with E-state index in [0.717, 1.165) is 0 Å². The second kappa shape index (κ2) is 2.45. The fourth-order valence-electron chi connectivity index (χ4n) is 1.86. The van der Waals surface area contributed by atoms with Crippen molar-refractivity contribution < 1.29 is 14.3 Å². The number of carbonyl (C=O) groups is 2. The van der Waals surface area contributed by atoms with Gasteiger partial charge < -0.3 is 10.1 Å². The van der Waals surface area contributed by atoms with Crippen molar-refractivity contribution in [3.63, 3.8) is 0 Å². The van der Waals surface area contributed by atoms with Gasteiger partial charge in [0, 0.05) is 0 Å². The molecular weight excluding hydrogens is 172 g/mol. The molecule has 2 saturated heterocycles. The molecule has 5 nitrogen and oxygen atoms in total. The fraction of sp³-hybridized carbons (Fsp3) is 0.750. The summed E-state index contributed by atoms with van der Waals surface area (Å²) in [6.45, 7) is 4.12. The third-order valence-corrected chi connectivity index (χ3v) is 2.65. The molecule has 2 heterocycles. The van der Waals surface area contributed by atoms with E-state index in [1.54, 1.807) is 0 Å². The molecule has 5 heteroatoms. The predicted octanol–water partition coefficient (Wildman–Crippen LogP) is -0.381. The minimum atomic E-state index is -0.446. The van der Waals surface area contributed by atoms with E-state index in [4.69, 9.17) is 4.74 Å². The van der Waals surface area contributed by atoms with Gasteiger partial charge in [0.2, 0.25) is 5.91 Å². The summed E-state index contributed by atoms with van der Waals surface area (Å²) in [4.78, 5) is 22.3. The van der Waals surface area contributed by atoms with Crippen molar-refractivity contribution in [2.75, 3.05) is 6.61 Å². The van der Waals surface area contributed by atoms with Crippen LogP contribution in [0, 0.1) is 5.92 Å². The van der Waals surface area contributed by atoms with Crippen molar-refractivity contribution in [3.8, 4) is 0 Å². The Morgan fingerprint density at radius 3 is 2.85 bits per heavy atom. The van der Waals surface area contributed by atoms with Gasteiger partial charge in [-0.3, -0.25) is 10.1 Å².